The predicted octanol–water partition coefficient (Wildman–Crippen LogP) is 14.1. The summed E-state index contributed by atoms with van der Waals surface area (Å²) in [7, 11) is 3.43. The highest BCUT2D eigenvalue weighted by Gasteiger charge is 2.11. The summed E-state index contributed by atoms with van der Waals surface area (Å²) in [6.07, 6.45) is 4.57. The van der Waals surface area contributed by atoms with Crippen molar-refractivity contribution in [1.29, 1.82) is 0 Å². The van der Waals surface area contributed by atoms with Gasteiger partial charge in [-0.2, -0.15) is 0 Å². The zero-order valence-electron chi connectivity index (χ0n) is 32.5. The molecule has 0 aromatic heterocycles. The Morgan fingerprint density at radius 1 is 0.346 bits per heavy atom. The molecule has 0 bridgehead atoms. The Morgan fingerprint density at radius 2 is 0.731 bits per heavy atom. The van der Waals surface area contributed by atoms with E-state index in [1.54, 1.807) is 14.2 Å². The van der Waals surface area contributed by atoms with Crippen LogP contribution < -0.4 is 9.47 Å². The molecule has 0 amide bonds. The van der Waals surface area contributed by atoms with Gasteiger partial charge in [0.1, 0.15) is 11.5 Å². The minimum atomic E-state index is 0.938. The van der Waals surface area contributed by atoms with Gasteiger partial charge >= 0.3 is 0 Å². The van der Waals surface area contributed by atoms with Gasteiger partial charge in [-0.3, -0.25) is 0 Å². The smallest absolute Gasteiger partial charge is 0.127 e. The zero-order chi connectivity index (χ0) is 37.3. The molecule has 0 aliphatic rings. The van der Waals surface area contributed by atoms with E-state index >= 15 is 0 Å². The second-order valence-corrected chi connectivity index (χ2v) is 12.4. The minimum absolute atomic E-state index is 0.938. The standard InChI is InChI=1S/C17H12O.C11H10O.2C10H14.C2H6/c1-18-15-10-13-6-2-4-11-8-9-12-5-3-7-14(15)17(12)16(11)13;1-12-11-8-4-6-9-5-2-3-7-10(9)11;2*1-3-9-5-7-10(4-2)8-6-9;1-2/h2-10H,1H3;2-8H,1H3;2*5-8H,3-4H2,1-2H3;1-2H3. The van der Waals surface area contributed by atoms with Crippen LogP contribution in [-0.2, 0) is 25.7 Å². The average molecular weight is 689 g/mol. The highest BCUT2D eigenvalue weighted by atomic mass is 16.5. The monoisotopic (exact) mass is 688 g/mol. The Hall–Kier alpha value is -5.34. The van der Waals surface area contributed by atoms with Crippen LogP contribution in [0, 0.1) is 0 Å². The lowest BCUT2D eigenvalue weighted by Gasteiger charge is -2.13. The van der Waals surface area contributed by atoms with Gasteiger partial charge in [0.25, 0.3) is 0 Å². The van der Waals surface area contributed by atoms with Gasteiger partial charge in [-0.25, -0.2) is 0 Å². The summed E-state index contributed by atoms with van der Waals surface area (Å²) in [4.78, 5) is 0. The van der Waals surface area contributed by atoms with E-state index in [-0.39, 0.29) is 0 Å². The molecule has 2 heteroatoms. The fourth-order valence-corrected chi connectivity index (χ4v) is 6.29. The Morgan fingerprint density at radius 3 is 1.23 bits per heavy atom. The lowest BCUT2D eigenvalue weighted by Crippen LogP contribution is -1.88. The van der Waals surface area contributed by atoms with Gasteiger partial charge in [0, 0.05) is 16.2 Å². The van der Waals surface area contributed by atoms with Gasteiger partial charge < -0.3 is 9.47 Å². The van der Waals surface area contributed by atoms with Crippen LogP contribution in [-0.4, -0.2) is 14.2 Å². The molecule has 0 saturated heterocycles. The lowest BCUT2D eigenvalue weighted by molar-refractivity contribution is 0.420. The first-order valence-corrected chi connectivity index (χ1v) is 18.9. The lowest BCUT2D eigenvalue weighted by atomic mass is 9.94. The summed E-state index contributed by atoms with van der Waals surface area (Å²) in [5, 5.41) is 10.0. The van der Waals surface area contributed by atoms with Crippen molar-refractivity contribution in [2.75, 3.05) is 14.2 Å². The van der Waals surface area contributed by atoms with Crippen molar-refractivity contribution in [3.63, 3.8) is 0 Å². The topological polar surface area (TPSA) is 18.5 Å². The van der Waals surface area contributed by atoms with Gasteiger partial charge in [0.05, 0.1) is 14.2 Å². The van der Waals surface area contributed by atoms with Gasteiger partial charge in [0.15, 0.2) is 0 Å². The van der Waals surface area contributed by atoms with Crippen molar-refractivity contribution < 1.29 is 9.47 Å². The Kier molecular flexibility index (Phi) is 15.5. The van der Waals surface area contributed by atoms with Crippen LogP contribution >= 0.6 is 0 Å². The molecule has 0 aliphatic heterocycles. The van der Waals surface area contributed by atoms with Crippen LogP contribution in [0.25, 0.3) is 43.1 Å². The highest BCUT2D eigenvalue weighted by Crippen LogP contribution is 2.39. The molecule has 0 unspecified atom stereocenters. The molecule has 8 rings (SSSR count). The molecule has 0 heterocycles. The van der Waals surface area contributed by atoms with E-state index in [1.807, 2.05) is 38.1 Å². The Balaban J connectivity index is 0.000000158. The number of hydrogen-bond acceptors (Lipinski definition) is 2. The van der Waals surface area contributed by atoms with E-state index in [2.05, 4.69) is 149 Å². The van der Waals surface area contributed by atoms with Crippen LogP contribution in [0.5, 0.6) is 11.5 Å². The molecule has 268 valence electrons. The van der Waals surface area contributed by atoms with Gasteiger partial charge in [-0.15, -0.1) is 0 Å². The molecule has 0 radical (unpaired) electrons. The van der Waals surface area contributed by atoms with Crippen molar-refractivity contribution in [1.82, 2.24) is 0 Å². The number of ether oxygens (including phenoxy) is 2. The largest absolute Gasteiger partial charge is 0.496 e. The van der Waals surface area contributed by atoms with E-state index < -0.39 is 0 Å². The van der Waals surface area contributed by atoms with Gasteiger partial charge in [0.2, 0.25) is 0 Å². The third-order valence-corrected chi connectivity index (χ3v) is 9.34. The molecule has 2 nitrogen and oxygen atoms in total. The molecule has 8 aromatic carbocycles. The third-order valence-electron chi connectivity index (χ3n) is 9.34. The fourth-order valence-electron chi connectivity index (χ4n) is 6.29. The van der Waals surface area contributed by atoms with Gasteiger partial charge in [-0.1, -0.05) is 175 Å². The fraction of sp³-hybridized carbons (Fsp3) is 0.240. The summed E-state index contributed by atoms with van der Waals surface area (Å²) in [5.74, 6) is 1.89. The molecule has 0 saturated carbocycles. The predicted molar refractivity (Wildman–Crippen MR) is 229 cm³/mol. The summed E-state index contributed by atoms with van der Waals surface area (Å²) >= 11 is 0. The molecule has 0 aliphatic carbocycles. The quantitative estimate of drug-likeness (QED) is 0.162. The maximum atomic E-state index is 5.53. The van der Waals surface area contributed by atoms with E-state index in [0.717, 1.165) is 37.2 Å². The summed E-state index contributed by atoms with van der Waals surface area (Å²) in [6, 6.07) is 51.2. The first-order chi connectivity index (χ1) is 25.5. The zero-order valence-corrected chi connectivity index (χ0v) is 32.5. The first kappa shape index (κ1) is 39.4. The number of rotatable bonds is 6. The third kappa shape index (κ3) is 9.92. The van der Waals surface area contributed by atoms with Crippen LogP contribution in [0.4, 0.5) is 0 Å². The minimum Gasteiger partial charge on any atom is -0.496 e. The van der Waals surface area contributed by atoms with Crippen molar-refractivity contribution >= 4 is 43.1 Å². The molecule has 0 N–H and O–H groups in total. The molecule has 0 atom stereocenters. The van der Waals surface area contributed by atoms with Crippen molar-refractivity contribution in [2.45, 2.75) is 67.2 Å². The summed E-state index contributed by atoms with van der Waals surface area (Å²) < 4.78 is 10.8. The molecule has 8 aromatic rings. The summed E-state index contributed by atoms with van der Waals surface area (Å²) in [5.41, 5.74) is 5.71. The number of fused-ring (bicyclic) bond motifs is 1. The molecule has 0 fully saturated rings. The SMILES string of the molecule is CC.CCc1ccc(CC)cc1.CCc1ccc(CC)cc1.COc1cc2cccc3ccc4cccc1c4c32.COc1cccc2ccccc12. The Bertz CT molecular complexity index is 2110. The normalized spacial score (nSPS) is 10.2. The second-order valence-electron chi connectivity index (χ2n) is 12.4. The van der Waals surface area contributed by atoms with E-state index in [9.17, 15) is 0 Å². The van der Waals surface area contributed by atoms with E-state index in [0.29, 0.717) is 0 Å². The number of hydrogen-bond donors (Lipinski definition) is 0. The van der Waals surface area contributed by atoms with Crippen LogP contribution in [0.1, 0.15) is 63.8 Å². The first-order valence-electron chi connectivity index (χ1n) is 18.9. The number of methoxy groups -OCH3 is 2. The number of benzene rings is 8. The van der Waals surface area contributed by atoms with E-state index in [1.165, 1.54) is 65.3 Å². The maximum Gasteiger partial charge on any atom is 0.127 e. The maximum absolute atomic E-state index is 5.53. The van der Waals surface area contributed by atoms with Crippen LogP contribution in [0.3, 0.4) is 0 Å². The summed E-state index contributed by atoms with van der Waals surface area (Å²) in [6.45, 7) is 12.7. The van der Waals surface area contributed by atoms with Crippen molar-refractivity contribution in [3.8, 4) is 11.5 Å². The highest BCUT2D eigenvalue weighted by molar-refractivity contribution is 6.24. The van der Waals surface area contributed by atoms with E-state index in [4.69, 9.17) is 9.47 Å². The van der Waals surface area contributed by atoms with Crippen molar-refractivity contribution in [2.24, 2.45) is 0 Å². The molecular formula is C50H56O2. The second kappa shape index (κ2) is 20.5. The van der Waals surface area contributed by atoms with Crippen molar-refractivity contribution in [3.05, 3.63) is 168 Å². The van der Waals surface area contributed by atoms with Crippen LogP contribution in [0.2, 0.25) is 0 Å². The average Bonchev–Trinajstić information content (AvgIpc) is 3.24. The Labute approximate surface area is 312 Å². The van der Waals surface area contributed by atoms with Gasteiger partial charge in [-0.05, 0) is 87.0 Å². The molecule has 0 spiro atoms. The molecule has 52 heavy (non-hydrogen) atoms. The molecular weight excluding hydrogens is 633 g/mol. The van der Waals surface area contributed by atoms with Crippen LogP contribution in [0.15, 0.2) is 146 Å². The number of aryl methyl sites for hydroxylation is 4.